The van der Waals surface area contributed by atoms with Crippen molar-refractivity contribution in [1.82, 2.24) is 5.32 Å². The van der Waals surface area contributed by atoms with Gasteiger partial charge in [0.15, 0.2) is 0 Å². The van der Waals surface area contributed by atoms with E-state index in [-0.39, 0.29) is 6.04 Å². The van der Waals surface area contributed by atoms with Crippen LogP contribution in [0.3, 0.4) is 0 Å². The molecule has 14 heavy (non-hydrogen) atoms. The molecule has 1 aromatic carbocycles. The minimum atomic E-state index is 0.195. The summed E-state index contributed by atoms with van der Waals surface area (Å²) in [7, 11) is 0. The van der Waals surface area contributed by atoms with Crippen molar-refractivity contribution in [1.29, 1.82) is 0 Å². The maximum Gasteiger partial charge on any atom is 0.0662 e. The number of halogens is 1. The molecule has 3 nitrogen and oxygen atoms in total. The standard InChI is InChI=1S/C10H13ClN2O/c11-7-1-2-8(9(12)5-7)10-6-14-4-3-13-10/h1-2,5,10,13H,3-4,6,12H2. The number of benzene rings is 1. The average molecular weight is 213 g/mol. The lowest BCUT2D eigenvalue weighted by Gasteiger charge is -2.25. The van der Waals surface area contributed by atoms with Gasteiger partial charge < -0.3 is 15.8 Å². The van der Waals surface area contributed by atoms with Gasteiger partial charge in [0.05, 0.1) is 19.3 Å². The average Bonchev–Trinajstić information content (AvgIpc) is 2.19. The van der Waals surface area contributed by atoms with Gasteiger partial charge in [0.25, 0.3) is 0 Å². The Labute approximate surface area is 88.2 Å². The largest absolute Gasteiger partial charge is 0.398 e. The van der Waals surface area contributed by atoms with Gasteiger partial charge in [0.2, 0.25) is 0 Å². The summed E-state index contributed by atoms with van der Waals surface area (Å²) in [4.78, 5) is 0. The fraction of sp³-hybridized carbons (Fsp3) is 0.400. The number of nitrogens with one attached hydrogen (secondary N) is 1. The second kappa shape index (κ2) is 4.17. The SMILES string of the molecule is Nc1cc(Cl)ccc1C1COCCN1. The lowest BCUT2D eigenvalue weighted by molar-refractivity contribution is 0.0771. The Hall–Kier alpha value is -0.770. The van der Waals surface area contributed by atoms with E-state index in [4.69, 9.17) is 22.1 Å². The van der Waals surface area contributed by atoms with Crippen LogP contribution >= 0.6 is 11.6 Å². The maximum atomic E-state index is 5.87. The molecule has 4 heteroatoms. The summed E-state index contributed by atoms with van der Waals surface area (Å²) in [6.07, 6.45) is 0. The molecule has 1 saturated heterocycles. The van der Waals surface area contributed by atoms with E-state index in [1.165, 1.54) is 0 Å². The van der Waals surface area contributed by atoms with Gasteiger partial charge in [-0.25, -0.2) is 0 Å². The minimum absolute atomic E-state index is 0.195. The van der Waals surface area contributed by atoms with Crippen LogP contribution in [0.15, 0.2) is 18.2 Å². The summed E-state index contributed by atoms with van der Waals surface area (Å²) in [5, 5.41) is 4.02. The van der Waals surface area contributed by atoms with E-state index in [1.807, 2.05) is 12.1 Å². The maximum absolute atomic E-state index is 5.87. The molecule has 1 aliphatic rings. The molecule has 0 bridgehead atoms. The molecule has 0 aromatic heterocycles. The van der Waals surface area contributed by atoms with Crippen molar-refractivity contribution in [3.63, 3.8) is 0 Å². The van der Waals surface area contributed by atoms with E-state index in [0.29, 0.717) is 11.6 Å². The van der Waals surface area contributed by atoms with Gasteiger partial charge >= 0.3 is 0 Å². The molecule has 1 unspecified atom stereocenters. The molecule has 0 amide bonds. The summed E-state index contributed by atoms with van der Waals surface area (Å²) in [5.74, 6) is 0. The van der Waals surface area contributed by atoms with Gasteiger partial charge in [-0.05, 0) is 17.7 Å². The monoisotopic (exact) mass is 212 g/mol. The molecular formula is C10H13ClN2O. The first-order valence-electron chi connectivity index (χ1n) is 4.63. The fourth-order valence-electron chi connectivity index (χ4n) is 1.63. The first-order chi connectivity index (χ1) is 6.77. The highest BCUT2D eigenvalue weighted by Crippen LogP contribution is 2.25. The number of hydrogen-bond acceptors (Lipinski definition) is 3. The number of nitrogen functional groups attached to an aromatic ring is 1. The molecule has 1 aliphatic heterocycles. The second-order valence-electron chi connectivity index (χ2n) is 3.35. The molecule has 0 spiro atoms. The summed E-state index contributed by atoms with van der Waals surface area (Å²) < 4.78 is 5.37. The van der Waals surface area contributed by atoms with E-state index >= 15 is 0 Å². The summed E-state index contributed by atoms with van der Waals surface area (Å²) in [6.45, 7) is 2.31. The number of ether oxygens (including phenoxy) is 1. The van der Waals surface area contributed by atoms with Gasteiger partial charge in [-0.1, -0.05) is 17.7 Å². The zero-order valence-corrected chi connectivity index (χ0v) is 8.55. The number of morpholine rings is 1. The van der Waals surface area contributed by atoms with E-state index < -0.39 is 0 Å². The Kier molecular flexibility index (Phi) is 2.91. The molecule has 1 atom stereocenters. The van der Waals surface area contributed by atoms with Gasteiger partial charge in [0, 0.05) is 17.3 Å². The molecule has 0 radical (unpaired) electrons. The number of rotatable bonds is 1. The molecule has 1 aromatic rings. The Bertz CT molecular complexity index is 324. The summed E-state index contributed by atoms with van der Waals surface area (Å²) in [6, 6.07) is 5.77. The van der Waals surface area contributed by atoms with Crippen molar-refractivity contribution < 1.29 is 4.74 Å². The van der Waals surface area contributed by atoms with Crippen molar-refractivity contribution in [3.05, 3.63) is 28.8 Å². The fourth-order valence-corrected chi connectivity index (χ4v) is 1.81. The molecular weight excluding hydrogens is 200 g/mol. The minimum Gasteiger partial charge on any atom is -0.398 e. The highest BCUT2D eigenvalue weighted by Gasteiger charge is 2.17. The smallest absolute Gasteiger partial charge is 0.0662 e. The van der Waals surface area contributed by atoms with Crippen LogP contribution in [-0.4, -0.2) is 19.8 Å². The topological polar surface area (TPSA) is 47.3 Å². The van der Waals surface area contributed by atoms with Crippen molar-refractivity contribution in [2.45, 2.75) is 6.04 Å². The lowest BCUT2D eigenvalue weighted by Crippen LogP contribution is -2.34. The van der Waals surface area contributed by atoms with Gasteiger partial charge in [0.1, 0.15) is 0 Å². The first-order valence-corrected chi connectivity index (χ1v) is 5.01. The third-order valence-corrected chi connectivity index (χ3v) is 2.58. The van der Waals surface area contributed by atoms with Gasteiger partial charge in [-0.15, -0.1) is 0 Å². The van der Waals surface area contributed by atoms with Crippen LogP contribution in [0, 0.1) is 0 Å². The zero-order chi connectivity index (χ0) is 9.97. The van der Waals surface area contributed by atoms with Crippen LogP contribution in [-0.2, 0) is 4.74 Å². The zero-order valence-electron chi connectivity index (χ0n) is 7.79. The Morgan fingerprint density at radius 2 is 2.36 bits per heavy atom. The van der Waals surface area contributed by atoms with Crippen molar-refractivity contribution >= 4 is 17.3 Å². The first kappa shape index (κ1) is 9.77. The van der Waals surface area contributed by atoms with Crippen molar-refractivity contribution in [3.8, 4) is 0 Å². The highest BCUT2D eigenvalue weighted by molar-refractivity contribution is 6.30. The van der Waals surface area contributed by atoms with Crippen LogP contribution in [0.2, 0.25) is 5.02 Å². The van der Waals surface area contributed by atoms with E-state index in [2.05, 4.69) is 5.32 Å². The molecule has 1 heterocycles. The predicted octanol–water partition coefficient (Wildman–Crippen LogP) is 1.58. The van der Waals surface area contributed by atoms with Crippen LogP contribution < -0.4 is 11.1 Å². The van der Waals surface area contributed by atoms with E-state index in [1.54, 1.807) is 6.07 Å². The second-order valence-corrected chi connectivity index (χ2v) is 3.79. The van der Waals surface area contributed by atoms with Crippen LogP contribution in [0.25, 0.3) is 0 Å². The number of hydrogen-bond donors (Lipinski definition) is 2. The number of nitrogens with two attached hydrogens (primary N) is 1. The molecule has 0 aliphatic carbocycles. The Balaban J connectivity index is 2.22. The van der Waals surface area contributed by atoms with Gasteiger partial charge in [-0.2, -0.15) is 0 Å². The quantitative estimate of drug-likeness (QED) is 0.695. The molecule has 76 valence electrons. The van der Waals surface area contributed by atoms with E-state index in [0.717, 1.165) is 24.4 Å². The lowest BCUT2D eigenvalue weighted by atomic mass is 10.0. The van der Waals surface area contributed by atoms with Crippen LogP contribution in [0.1, 0.15) is 11.6 Å². The molecule has 1 fully saturated rings. The Morgan fingerprint density at radius 1 is 1.50 bits per heavy atom. The third kappa shape index (κ3) is 2.00. The highest BCUT2D eigenvalue weighted by atomic mass is 35.5. The summed E-state index contributed by atoms with van der Waals surface area (Å²) >= 11 is 5.82. The summed E-state index contributed by atoms with van der Waals surface area (Å²) in [5.41, 5.74) is 7.66. The van der Waals surface area contributed by atoms with Crippen molar-refractivity contribution in [2.24, 2.45) is 0 Å². The van der Waals surface area contributed by atoms with Gasteiger partial charge in [-0.3, -0.25) is 0 Å². The van der Waals surface area contributed by atoms with Crippen molar-refractivity contribution in [2.75, 3.05) is 25.5 Å². The predicted molar refractivity (Wildman–Crippen MR) is 57.4 cm³/mol. The number of anilines is 1. The Morgan fingerprint density at radius 3 is 3.00 bits per heavy atom. The molecule has 0 saturated carbocycles. The third-order valence-electron chi connectivity index (χ3n) is 2.35. The van der Waals surface area contributed by atoms with E-state index in [9.17, 15) is 0 Å². The van der Waals surface area contributed by atoms with Crippen LogP contribution in [0.5, 0.6) is 0 Å². The molecule has 3 N–H and O–H groups in total. The van der Waals surface area contributed by atoms with Crippen LogP contribution in [0.4, 0.5) is 5.69 Å². The normalized spacial score (nSPS) is 22.2. The molecule has 2 rings (SSSR count).